The molecule has 3 nitrogen and oxygen atoms in total. The molecule has 19 heavy (non-hydrogen) atoms. The van der Waals surface area contributed by atoms with Gasteiger partial charge in [0.25, 0.3) is 0 Å². The Morgan fingerprint density at radius 1 is 1.32 bits per heavy atom. The van der Waals surface area contributed by atoms with Crippen LogP contribution in [0.3, 0.4) is 0 Å². The van der Waals surface area contributed by atoms with Crippen molar-refractivity contribution in [3.05, 3.63) is 65.5 Å². The third-order valence-electron chi connectivity index (χ3n) is 2.54. The molecule has 5 heteroatoms. The maximum atomic E-state index is 13.7. The van der Waals surface area contributed by atoms with E-state index in [0.29, 0.717) is 12.1 Å². The molecule has 0 saturated heterocycles. The minimum absolute atomic E-state index is 0.215. The molecule has 0 aliphatic rings. The van der Waals surface area contributed by atoms with Crippen LogP contribution in [0.4, 0.5) is 8.78 Å². The molecular weight excluding hydrogens is 250 g/mol. The van der Waals surface area contributed by atoms with E-state index in [1.165, 1.54) is 19.2 Å². The summed E-state index contributed by atoms with van der Waals surface area (Å²) in [6.07, 6.45) is 3.66. The van der Waals surface area contributed by atoms with E-state index in [4.69, 9.17) is 4.84 Å². The van der Waals surface area contributed by atoms with Crippen molar-refractivity contribution in [2.24, 2.45) is 5.16 Å². The largest absolute Gasteiger partial charge is 0.399 e. The van der Waals surface area contributed by atoms with E-state index in [9.17, 15) is 8.78 Å². The van der Waals surface area contributed by atoms with Crippen molar-refractivity contribution in [3.63, 3.8) is 0 Å². The molecule has 2 rings (SSSR count). The third-order valence-corrected chi connectivity index (χ3v) is 2.54. The lowest BCUT2D eigenvalue weighted by Crippen LogP contribution is -2.09. The average Bonchev–Trinajstić information content (AvgIpc) is 2.39. The van der Waals surface area contributed by atoms with E-state index in [-0.39, 0.29) is 5.56 Å². The van der Waals surface area contributed by atoms with Crippen LogP contribution in [0.2, 0.25) is 0 Å². The van der Waals surface area contributed by atoms with Gasteiger partial charge in [-0.1, -0.05) is 11.2 Å². The number of hydrogen-bond acceptors (Lipinski definition) is 3. The number of rotatable bonds is 4. The molecule has 0 atom stereocenters. The van der Waals surface area contributed by atoms with E-state index in [1.807, 2.05) is 6.07 Å². The average molecular weight is 262 g/mol. The predicted octanol–water partition coefficient (Wildman–Crippen LogP) is 2.95. The number of hydrogen-bond donors (Lipinski definition) is 0. The molecule has 2 aromatic rings. The second-order valence-electron chi connectivity index (χ2n) is 3.88. The van der Waals surface area contributed by atoms with Gasteiger partial charge in [-0.2, -0.15) is 0 Å². The maximum Gasteiger partial charge on any atom is 0.135 e. The molecule has 0 saturated carbocycles. The summed E-state index contributed by atoms with van der Waals surface area (Å²) < 4.78 is 26.6. The van der Waals surface area contributed by atoms with Crippen LogP contribution in [0.5, 0.6) is 0 Å². The molecule has 0 unspecified atom stereocenters. The smallest absolute Gasteiger partial charge is 0.135 e. The monoisotopic (exact) mass is 262 g/mol. The Morgan fingerprint density at radius 3 is 2.79 bits per heavy atom. The van der Waals surface area contributed by atoms with Gasteiger partial charge in [0, 0.05) is 30.4 Å². The highest BCUT2D eigenvalue weighted by Crippen LogP contribution is 2.14. The number of halogens is 2. The van der Waals surface area contributed by atoms with Crippen LogP contribution >= 0.6 is 0 Å². The summed E-state index contributed by atoms with van der Waals surface area (Å²) in [5.41, 5.74) is 1.46. The van der Waals surface area contributed by atoms with Crippen molar-refractivity contribution in [1.29, 1.82) is 0 Å². The normalized spacial score (nSPS) is 11.4. The van der Waals surface area contributed by atoms with Gasteiger partial charge in [-0.15, -0.1) is 0 Å². The minimum Gasteiger partial charge on any atom is -0.399 e. The molecule has 0 bridgehead atoms. The minimum atomic E-state index is -0.667. The topological polar surface area (TPSA) is 34.5 Å². The number of pyridine rings is 1. The van der Waals surface area contributed by atoms with Gasteiger partial charge in [0.2, 0.25) is 0 Å². The molecule has 0 aliphatic carbocycles. The van der Waals surface area contributed by atoms with E-state index < -0.39 is 11.6 Å². The van der Waals surface area contributed by atoms with Crippen molar-refractivity contribution in [2.45, 2.75) is 6.42 Å². The number of oxime groups is 1. The summed E-state index contributed by atoms with van der Waals surface area (Å²) in [5, 5.41) is 3.81. The van der Waals surface area contributed by atoms with Gasteiger partial charge in [0.1, 0.15) is 18.7 Å². The predicted molar refractivity (Wildman–Crippen MR) is 67.8 cm³/mol. The first kappa shape index (κ1) is 13.1. The highest BCUT2D eigenvalue weighted by atomic mass is 19.1. The lowest BCUT2D eigenvalue weighted by Gasteiger charge is -2.07. The Labute approximate surface area is 109 Å². The molecule has 0 spiro atoms. The Morgan fingerprint density at radius 2 is 2.16 bits per heavy atom. The van der Waals surface area contributed by atoms with Gasteiger partial charge in [-0.3, -0.25) is 4.98 Å². The van der Waals surface area contributed by atoms with Gasteiger partial charge in [-0.25, -0.2) is 8.78 Å². The summed E-state index contributed by atoms with van der Waals surface area (Å²) in [7, 11) is 1.38. The fourth-order valence-corrected chi connectivity index (χ4v) is 1.71. The summed E-state index contributed by atoms with van der Waals surface area (Å²) in [6.45, 7) is 0. The maximum absolute atomic E-state index is 13.7. The molecule has 0 fully saturated rings. The molecule has 1 aromatic carbocycles. The summed E-state index contributed by atoms with van der Waals surface area (Å²) in [5.74, 6) is -1.29. The van der Waals surface area contributed by atoms with Crippen LogP contribution in [0, 0.1) is 11.6 Å². The number of benzene rings is 1. The van der Waals surface area contributed by atoms with Crippen LogP contribution < -0.4 is 0 Å². The summed E-state index contributed by atoms with van der Waals surface area (Å²) in [4.78, 5) is 8.70. The highest BCUT2D eigenvalue weighted by molar-refractivity contribution is 6.01. The summed E-state index contributed by atoms with van der Waals surface area (Å²) >= 11 is 0. The van der Waals surface area contributed by atoms with Crippen molar-refractivity contribution in [3.8, 4) is 0 Å². The second-order valence-corrected chi connectivity index (χ2v) is 3.88. The molecule has 98 valence electrons. The molecule has 0 N–H and O–H groups in total. The Bertz CT molecular complexity index is 585. The zero-order chi connectivity index (χ0) is 13.7. The van der Waals surface area contributed by atoms with E-state index in [0.717, 1.165) is 11.6 Å². The van der Waals surface area contributed by atoms with E-state index >= 15 is 0 Å². The van der Waals surface area contributed by atoms with Crippen molar-refractivity contribution >= 4 is 5.71 Å². The second kappa shape index (κ2) is 6.04. The SMILES string of the molecule is CO/N=C(/Cc1cccnc1)c1ccc(F)cc1F. The van der Waals surface area contributed by atoms with Gasteiger partial charge >= 0.3 is 0 Å². The molecule has 1 heterocycles. The number of aromatic nitrogens is 1. The first-order valence-electron chi connectivity index (χ1n) is 5.65. The van der Waals surface area contributed by atoms with Crippen LogP contribution in [0.15, 0.2) is 47.9 Å². The first-order chi connectivity index (χ1) is 9.20. The third kappa shape index (κ3) is 3.34. The summed E-state index contributed by atoms with van der Waals surface area (Å²) in [6, 6.07) is 6.98. The highest BCUT2D eigenvalue weighted by Gasteiger charge is 2.12. The van der Waals surface area contributed by atoms with Gasteiger partial charge < -0.3 is 4.84 Å². The zero-order valence-electron chi connectivity index (χ0n) is 10.3. The quantitative estimate of drug-likeness (QED) is 0.627. The van der Waals surface area contributed by atoms with Crippen LogP contribution in [-0.4, -0.2) is 17.8 Å². The van der Waals surface area contributed by atoms with E-state index in [1.54, 1.807) is 18.5 Å². The molecule has 0 aliphatic heterocycles. The Kier molecular flexibility index (Phi) is 4.18. The Hall–Kier alpha value is -2.30. The standard InChI is InChI=1S/C14H12F2N2O/c1-19-18-14(7-10-3-2-6-17-9-10)12-5-4-11(15)8-13(12)16/h2-6,8-9H,7H2,1H3/b18-14-. The molecular formula is C14H12F2N2O. The van der Waals surface area contributed by atoms with Gasteiger partial charge in [-0.05, 0) is 23.8 Å². The fourth-order valence-electron chi connectivity index (χ4n) is 1.71. The van der Waals surface area contributed by atoms with Crippen molar-refractivity contribution in [1.82, 2.24) is 4.98 Å². The van der Waals surface area contributed by atoms with Crippen molar-refractivity contribution < 1.29 is 13.6 Å². The molecule has 0 amide bonds. The van der Waals surface area contributed by atoms with E-state index in [2.05, 4.69) is 10.1 Å². The molecule has 1 aromatic heterocycles. The lowest BCUT2D eigenvalue weighted by molar-refractivity contribution is 0.213. The van der Waals surface area contributed by atoms with Crippen molar-refractivity contribution in [2.75, 3.05) is 7.11 Å². The molecule has 0 radical (unpaired) electrons. The first-order valence-corrected chi connectivity index (χ1v) is 5.65. The Balaban J connectivity index is 2.33. The van der Waals surface area contributed by atoms with Crippen LogP contribution in [0.1, 0.15) is 11.1 Å². The van der Waals surface area contributed by atoms with Crippen LogP contribution in [0.25, 0.3) is 0 Å². The zero-order valence-corrected chi connectivity index (χ0v) is 10.3. The van der Waals surface area contributed by atoms with Crippen LogP contribution in [-0.2, 0) is 11.3 Å². The fraction of sp³-hybridized carbons (Fsp3) is 0.143. The van der Waals surface area contributed by atoms with Gasteiger partial charge in [0.15, 0.2) is 0 Å². The van der Waals surface area contributed by atoms with Gasteiger partial charge in [0.05, 0.1) is 5.71 Å². The number of nitrogens with zero attached hydrogens (tertiary/aromatic N) is 2. The lowest BCUT2D eigenvalue weighted by atomic mass is 10.0.